The summed E-state index contributed by atoms with van der Waals surface area (Å²) in [7, 11) is 0. The third kappa shape index (κ3) is 5.93. The summed E-state index contributed by atoms with van der Waals surface area (Å²) in [5.41, 5.74) is 1.73. The topological polar surface area (TPSA) is 32.3 Å². The lowest BCUT2D eigenvalue weighted by Gasteiger charge is -2.53. The Morgan fingerprint density at radius 3 is 2.49 bits per heavy atom. The minimum atomic E-state index is -0.533. The van der Waals surface area contributed by atoms with E-state index in [1.54, 1.807) is 0 Å². The van der Waals surface area contributed by atoms with Gasteiger partial charge in [0.25, 0.3) is 0 Å². The van der Waals surface area contributed by atoms with E-state index < -0.39 is 5.41 Å². The molecule has 3 nitrogen and oxygen atoms in total. The fraction of sp³-hybridized carbons (Fsp3) is 0.483. The SMILES string of the molecule is C=CC[C@@]1(C)C[C@H](c2cccc(Cl)c2)C(c2ccc(Cl)cc2)N(C(CC)C(C)NSC2CC2)C1=O. The number of carbonyl (C=O) groups excluding carboxylic acids is 1. The third-order valence-corrected chi connectivity index (χ3v) is 9.28. The van der Waals surface area contributed by atoms with E-state index in [0.29, 0.717) is 21.7 Å². The molecule has 2 aromatic rings. The Hall–Kier alpha value is -1.46. The average molecular weight is 532 g/mol. The standard InChI is InChI=1S/C29H36Cl2N2OS/c1-5-16-29(4)18-25(21-8-7-9-23(31)17-21)27(20-10-12-22(30)13-11-20)33(28(29)34)26(6-2)19(3)32-35-24-14-15-24/h5,7-13,17,19,24-27,32H,1,6,14-16,18H2,2-4H3/t19?,25-,26?,27?,29+/m1/s1. The molecule has 5 atom stereocenters. The van der Waals surface area contributed by atoms with E-state index in [0.717, 1.165) is 24.0 Å². The van der Waals surface area contributed by atoms with Crippen LogP contribution in [0.25, 0.3) is 0 Å². The molecule has 0 bridgehead atoms. The van der Waals surface area contributed by atoms with Gasteiger partial charge >= 0.3 is 0 Å². The van der Waals surface area contributed by atoms with Crippen molar-refractivity contribution < 1.29 is 4.79 Å². The maximum atomic E-state index is 14.4. The van der Waals surface area contributed by atoms with Crippen molar-refractivity contribution in [1.82, 2.24) is 9.62 Å². The van der Waals surface area contributed by atoms with E-state index in [9.17, 15) is 4.79 Å². The van der Waals surface area contributed by atoms with Gasteiger partial charge in [-0.15, -0.1) is 6.58 Å². The molecule has 1 heterocycles. The van der Waals surface area contributed by atoms with E-state index in [1.165, 1.54) is 12.8 Å². The minimum absolute atomic E-state index is 0.0422. The summed E-state index contributed by atoms with van der Waals surface area (Å²) in [5.74, 6) is 0.294. The zero-order chi connectivity index (χ0) is 25.2. The van der Waals surface area contributed by atoms with Gasteiger partial charge in [-0.3, -0.25) is 9.52 Å². The van der Waals surface area contributed by atoms with Crippen LogP contribution in [-0.4, -0.2) is 28.1 Å². The van der Waals surface area contributed by atoms with Crippen LogP contribution in [0.3, 0.4) is 0 Å². The van der Waals surface area contributed by atoms with Gasteiger partial charge in [-0.2, -0.15) is 0 Å². The van der Waals surface area contributed by atoms with E-state index in [-0.39, 0.29) is 30.0 Å². The van der Waals surface area contributed by atoms with Crippen molar-refractivity contribution in [2.45, 2.75) is 82.2 Å². The first kappa shape index (κ1) is 26.6. The highest BCUT2D eigenvalue weighted by molar-refractivity contribution is 7.98. The van der Waals surface area contributed by atoms with E-state index in [2.05, 4.69) is 61.2 Å². The summed E-state index contributed by atoms with van der Waals surface area (Å²) in [6, 6.07) is 16.2. The van der Waals surface area contributed by atoms with Crippen molar-refractivity contribution >= 4 is 41.1 Å². The Kier molecular flexibility index (Phi) is 8.58. The largest absolute Gasteiger partial charge is 0.330 e. The molecule has 2 aromatic carbocycles. The van der Waals surface area contributed by atoms with Gasteiger partial charge in [0, 0.05) is 33.3 Å². The molecule has 2 fully saturated rings. The Balaban J connectivity index is 1.83. The summed E-state index contributed by atoms with van der Waals surface area (Å²) in [6.07, 6.45) is 6.66. The summed E-state index contributed by atoms with van der Waals surface area (Å²) in [6.45, 7) is 10.5. The Labute approximate surface area is 224 Å². The normalized spacial score (nSPS) is 26.4. The quantitative estimate of drug-likeness (QED) is 0.248. The highest BCUT2D eigenvalue weighted by atomic mass is 35.5. The zero-order valence-electron chi connectivity index (χ0n) is 20.8. The van der Waals surface area contributed by atoms with Crippen LogP contribution >= 0.6 is 35.1 Å². The molecule has 6 heteroatoms. The molecule has 0 radical (unpaired) electrons. The number of carbonyl (C=O) groups is 1. The van der Waals surface area contributed by atoms with Crippen LogP contribution in [0.1, 0.15) is 76.0 Å². The fourth-order valence-electron chi connectivity index (χ4n) is 5.51. The molecule has 2 aliphatic rings. The lowest BCUT2D eigenvalue weighted by Crippen LogP contribution is -2.59. The first-order valence-corrected chi connectivity index (χ1v) is 14.3. The molecule has 0 spiro atoms. The van der Waals surface area contributed by atoms with Crippen molar-refractivity contribution in [2.75, 3.05) is 0 Å². The molecule has 188 valence electrons. The Morgan fingerprint density at radius 2 is 1.89 bits per heavy atom. The molecule has 1 saturated heterocycles. The fourth-order valence-corrected chi connectivity index (χ4v) is 6.77. The molecule has 1 aliphatic heterocycles. The molecule has 1 saturated carbocycles. The summed E-state index contributed by atoms with van der Waals surface area (Å²) < 4.78 is 3.68. The van der Waals surface area contributed by atoms with Gasteiger partial charge in [-0.1, -0.05) is 79.3 Å². The number of likely N-dealkylation sites (tertiary alicyclic amines) is 1. The highest BCUT2D eigenvalue weighted by Gasteiger charge is 2.51. The van der Waals surface area contributed by atoms with Crippen LogP contribution in [0, 0.1) is 5.41 Å². The molecule has 35 heavy (non-hydrogen) atoms. The van der Waals surface area contributed by atoms with Gasteiger partial charge in [0.05, 0.1) is 11.5 Å². The molecular formula is C29H36Cl2N2OS. The van der Waals surface area contributed by atoms with Crippen LogP contribution in [0.2, 0.25) is 10.0 Å². The molecule has 1 amide bonds. The van der Waals surface area contributed by atoms with Gasteiger partial charge in [-0.05, 0) is 74.4 Å². The number of nitrogens with zero attached hydrogens (tertiary/aromatic N) is 1. The van der Waals surface area contributed by atoms with Crippen LogP contribution in [-0.2, 0) is 4.79 Å². The van der Waals surface area contributed by atoms with Crippen molar-refractivity contribution in [1.29, 1.82) is 0 Å². The molecule has 1 N–H and O–H groups in total. The zero-order valence-corrected chi connectivity index (χ0v) is 23.2. The highest BCUT2D eigenvalue weighted by Crippen LogP contribution is 2.52. The van der Waals surface area contributed by atoms with Gasteiger partial charge < -0.3 is 4.90 Å². The Morgan fingerprint density at radius 1 is 1.17 bits per heavy atom. The van der Waals surface area contributed by atoms with Gasteiger partial charge in [0.1, 0.15) is 0 Å². The summed E-state index contributed by atoms with van der Waals surface area (Å²) in [5, 5.41) is 2.11. The van der Waals surface area contributed by atoms with Gasteiger partial charge in [0.15, 0.2) is 0 Å². The van der Waals surface area contributed by atoms with Crippen LogP contribution in [0.15, 0.2) is 61.2 Å². The van der Waals surface area contributed by atoms with Crippen LogP contribution in [0.4, 0.5) is 0 Å². The average Bonchev–Trinajstić information content (AvgIpc) is 3.66. The number of hydrogen-bond acceptors (Lipinski definition) is 3. The van der Waals surface area contributed by atoms with Crippen LogP contribution < -0.4 is 4.72 Å². The maximum Gasteiger partial charge on any atom is 0.229 e. The molecular weight excluding hydrogens is 495 g/mol. The molecule has 4 rings (SSSR count). The maximum absolute atomic E-state index is 14.4. The van der Waals surface area contributed by atoms with Crippen molar-refractivity contribution in [3.8, 4) is 0 Å². The number of halogens is 2. The first-order valence-electron chi connectivity index (χ1n) is 12.6. The number of rotatable bonds is 10. The number of nitrogens with one attached hydrogen (secondary N) is 1. The van der Waals surface area contributed by atoms with Crippen molar-refractivity contribution in [3.63, 3.8) is 0 Å². The minimum Gasteiger partial charge on any atom is -0.330 e. The first-order chi connectivity index (χ1) is 16.8. The summed E-state index contributed by atoms with van der Waals surface area (Å²) in [4.78, 5) is 16.6. The number of benzene rings is 2. The number of piperidine rings is 1. The smallest absolute Gasteiger partial charge is 0.229 e. The van der Waals surface area contributed by atoms with Crippen molar-refractivity contribution in [3.05, 3.63) is 82.4 Å². The van der Waals surface area contributed by atoms with Gasteiger partial charge in [0.2, 0.25) is 5.91 Å². The predicted octanol–water partition coefficient (Wildman–Crippen LogP) is 8.20. The molecule has 0 aromatic heterocycles. The Bertz CT molecular complexity index is 1040. The second-order valence-electron chi connectivity index (χ2n) is 10.3. The lowest BCUT2D eigenvalue weighted by molar-refractivity contribution is -0.155. The molecule has 3 unspecified atom stereocenters. The monoisotopic (exact) mass is 530 g/mol. The van der Waals surface area contributed by atoms with Gasteiger partial charge in [-0.25, -0.2) is 0 Å². The number of allylic oxidation sites excluding steroid dienone is 1. The summed E-state index contributed by atoms with van der Waals surface area (Å²) >= 11 is 14.6. The molecule has 1 aliphatic carbocycles. The predicted molar refractivity (Wildman–Crippen MR) is 150 cm³/mol. The number of amides is 1. The van der Waals surface area contributed by atoms with Crippen molar-refractivity contribution in [2.24, 2.45) is 5.41 Å². The van der Waals surface area contributed by atoms with E-state index in [1.807, 2.05) is 42.3 Å². The lowest BCUT2D eigenvalue weighted by atomic mass is 9.67. The van der Waals surface area contributed by atoms with E-state index >= 15 is 0 Å². The van der Waals surface area contributed by atoms with Crippen LogP contribution in [0.5, 0.6) is 0 Å². The second-order valence-corrected chi connectivity index (χ2v) is 12.3. The third-order valence-electron chi connectivity index (χ3n) is 7.48. The number of hydrogen-bond donors (Lipinski definition) is 1. The van der Waals surface area contributed by atoms with E-state index in [4.69, 9.17) is 23.2 Å². The second kappa shape index (κ2) is 11.3.